The molecule has 2 heterocycles. The maximum absolute atomic E-state index is 11.8. The first kappa shape index (κ1) is 12.7. The molecule has 0 aromatic carbocycles. The highest BCUT2D eigenvalue weighted by atomic mass is 16.5. The van der Waals surface area contributed by atoms with E-state index < -0.39 is 0 Å². The summed E-state index contributed by atoms with van der Waals surface area (Å²) in [7, 11) is 1.71. The Labute approximate surface area is 106 Å². The highest BCUT2D eigenvalue weighted by Crippen LogP contribution is 2.19. The smallest absolute Gasteiger partial charge is 0.268 e. The zero-order valence-corrected chi connectivity index (χ0v) is 10.5. The monoisotopic (exact) mass is 247 g/mol. The van der Waals surface area contributed by atoms with Crippen molar-refractivity contribution in [3.8, 4) is 12.3 Å². The van der Waals surface area contributed by atoms with Crippen LogP contribution >= 0.6 is 0 Å². The highest BCUT2D eigenvalue weighted by molar-refractivity contribution is 5.44. The maximum Gasteiger partial charge on any atom is 0.268 e. The molecule has 1 saturated heterocycles. The first-order valence-electron chi connectivity index (χ1n) is 6.03. The van der Waals surface area contributed by atoms with Crippen LogP contribution in [0.5, 0.6) is 0 Å². The minimum atomic E-state index is -0.108. The fourth-order valence-electron chi connectivity index (χ4n) is 2.09. The van der Waals surface area contributed by atoms with Crippen molar-refractivity contribution in [1.82, 2.24) is 9.78 Å². The van der Waals surface area contributed by atoms with E-state index in [1.807, 2.05) is 0 Å². The molecule has 1 aromatic heterocycles. The number of methoxy groups -OCH3 is 1. The molecule has 1 fully saturated rings. The average molecular weight is 247 g/mol. The number of aromatic nitrogens is 2. The number of anilines is 1. The molecule has 2 rings (SSSR count). The Bertz CT molecular complexity index is 504. The number of ether oxygens (including phenoxy) is 1. The second-order valence-corrected chi connectivity index (χ2v) is 4.32. The molecule has 0 spiro atoms. The largest absolute Gasteiger partial charge is 0.380 e. The minimum Gasteiger partial charge on any atom is -0.380 e. The van der Waals surface area contributed by atoms with E-state index in [0.29, 0.717) is 13.0 Å². The summed E-state index contributed by atoms with van der Waals surface area (Å²) < 4.78 is 6.70. The molecular formula is C13H17N3O2. The van der Waals surface area contributed by atoms with Gasteiger partial charge in [-0.15, -0.1) is 12.3 Å². The summed E-state index contributed by atoms with van der Waals surface area (Å²) in [5.74, 6) is 2.50. The molecule has 1 unspecified atom stereocenters. The predicted octanol–water partition coefficient (Wildman–Crippen LogP) is 0.492. The molecule has 5 nitrogen and oxygen atoms in total. The Morgan fingerprint density at radius 2 is 2.50 bits per heavy atom. The van der Waals surface area contributed by atoms with Crippen molar-refractivity contribution in [2.45, 2.75) is 25.5 Å². The Morgan fingerprint density at radius 1 is 1.67 bits per heavy atom. The summed E-state index contributed by atoms with van der Waals surface area (Å²) in [6.07, 6.45) is 8.63. The quantitative estimate of drug-likeness (QED) is 0.727. The second kappa shape index (κ2) is 5.69. The number of nitrogens with zero attached hydrogens (tertiary/aromatic N) is 3. The number of rotatable bonds is 4. The first-order valence-corrected chi connectivity index (χ1v) is 6.03. The standard InChI is InChI=1S/C13H17N3O2/c1-3-4-6-16-13(17)8-11(9-14-16)15-7-5-12(10-15)18-2/h1,8-9,12H,4-7,10H2,2H3. The molecule has 0 bridgehead atoms. The van der Waals surface area contributed by atoms with Gasteiger partial charge >= 0.3 is 0 Å². The van der Waals surface area contributed by atoms with E-state index >= 15 is 0 Å². The first-order chi connectivity index (χ1) is 8.74. The van der Waals surface area contributed by atoms with E-state index in [0.717, 1.165) is 25.2 Å². The van der Waals surface area contributed by atoms with Crippen LogP contribution in [-0.4, -0.2) is 36.1 Å². The van der Waals surface area contributed by atoms with Gasteiger partial charge in [0.15, 0.2) is 0 Å². The van der Waals surface area contributed by atoms with Gasteiger partial charge in [-0.3, -0.25) is 4.79 Å². The van der Waals surface area contributed by atoms with Crippen LogP contribution in [0.3, 0.4) is 0 Å². The van der Waals surface area contributed by atoms with Crippen molar-refractivity contribution in [1.29, 1.82) is 0 Å². The van der Waals surface area contributed by atoms with Gasteiger partial charge < -0.3 is 9.64 Å². The van der Waals surface area contributed by atoms with Crippen LogP contribution in [0.1, 0.15) is 12.8 Å². The summed E-state index contributed by atoms with van der Waals surface area (Å²) in [6.45, 7) is 2.18. The van der Waals surface area contributed by atoms with E-state index in [1.165, 1.54) is 4.68 Å². The lowest BCUT2D eigenvalue weighted by Crippen LogP contribution is -2.27. The van der Waals surface area contributed by atoms with Gasteiger partial charge in [0.2, 0.25) is 0 Å². The predicted molar refractivity (Wildman–Crippen MR) is 69.6 cm³/mol. The van der Waals surface area contributed by atoms with E-state index in [1.54, 1.807) is 19.4 Å². The zero-order chi connectivity index (χ0) is 13.0. The summed E-state index contributed by atoms with van der Waals surface area (Å²) in [6, 6.07) is 1.61. The number of hydrogen-bond acceptors (Lipinski definition) is 4. The number of terminal acetylenes is 1. The SMILES string of the molecule is C#CCCn1ncc(N2CCC(OC)C2)cc1=O. The fourth-order valence-corrected chi connectivity index (χ4v) is 2.09. The van der Waals surface area contributed by atoms with Gasteiger partial charge in [0, 0.05) is 32.7 Å². The second-order valence-electron chi connectivity index (χ2n) is 4.32. The van der Waals surface area contributed by atoms with Crippen molar-refractivity contribution >= 4 is 5.69 Å². The van der Waals surface area contributed by atoms with Gasteiger partial charge in [-0.1, -0.05) is 0 Å². The van der Waals surface area contributed by atoms with Crippen LogP contribution in [0.25, 0.3) is 0 Å². The fraction of sp³-hybridized carbons (Fsp3) is 0.538. The van der Waals surface area contributed by atoms with E-state index in [9.17, 15) is 4.79 Å². The van der Waals surface area contributed by atoms with Gasteiger partial charge in [-0.25, -0.2) is 4.68 Å². The third-order valence-corrected chi connectivity index (χ3v) is 3.17. The normalized spacial score (nSPS) is 18.9. The summed E-state index contributed by atoms with van der Waals surface area (Å²) >= 11 is 0. The van der Waals surface area contributed by atoms with Crippen LogP contribution in [0, 0.1) is 12.3 Å². The molecule has 96 valence electrons. The molecule has 1 aromatic rings. The topological polar surface area (TPSA) is 47.4 Å². The molecular weight excluding hydrogens is 230 g/mol. The van der Waals surface area contributed by atoms with Gasteiger partial charge in [-0.2, -0.15) is 5.10 Å². The number of aryl methyl sites for hydroxylation is 1. The molecule has 1 aliphatic rings. The van der Waals surface area contributed by atoms with Crippen LogP contribution in [0.2, 0.25) is 0 Å². The van der Waals surface area contributed by atoms with Crippen LogP contribution < -0.4 is 10.5 Å². The molecule has 0 amide bonds. The summed E-state index contributed by atoms with van der Waals surface area (Å²) in [5.41, 5.74) is 0.750. The van der Waals surface area contributed by atoms with Gasteiger partial charge in [0.1, 0.15) is 0 Å². The summed E-state index contributed by atoms with van der Waals surface area (Å²) in [5, 5.41) is 4.14. The Kier molecular flexibility index (Phi) is 4.00. The van der Waals surface area contributed by atoms with Gasteiger partial charge in [-0.05, 0) is 6.42 Å². The van der Waals surface area contributed by atoms with Crippen LogP contribution in [-0.2, 0) is 11.3 Å². The van der Waals surface area contributed by atoms with Crippen molar-refractivity contribution in [3.63, 3.8) is 0 Å². The number of hydrogen-bond donors (Lipinski definition) is 0. The molecule has 0 aliphatic carbocycles. The minimum absolute atomic E-state index is 0.108. The van der Waals surface area contributed by atoms with Crippen LogP contribution in [0.4, 0.5) is 5.69 Å². The maximum atomic E-state index is 11.8. The van der Waals surface area contributed by atoms with Crippen molar-refractivity contribution in [2.75, 3.05) is 25.1 Å². The zero-order valence-electron chi connectivity index (χ0n) is 10.5. The average Bonchev–Trinajstić information content (AvgIpc) is 2.86. The van der Waals surface area contributed by atoms with E-state index in [2.05, 4.69) is 15.9 Å². The Hall–Kier alpha value is -1.80. The lowest BCUT2D eigenvalue weighted by atomic mass is 10.3. The van der Waals surface area contributed by atoms with Gasteiger partial charge in [0.25, 0.3) is 5.56 Å². The summed E-state index contributed by atoms with van der Waals surface area (Å²) in [4.78, 5) is 13.9. The molecule has 1 atom stereocenters. The van der Waals surface area contributed by atoms with Crippen molar-refractivity contribution < 1.29 is 4.74 Å². The molecule has 1 aliphatic heterocycles. The molecule has 18 heavy (non-hydrogen) atoms. The van der Waals surface area contributed by atoms with Crippen molar-refractivity contribution in [2.24, 2.45) is 0 Å². The lowest BCUT2D eigenvalue weighted by Gasteiger charge is -2.17. The van der Waals surface area contributed by atoms with E-state index in [4.69, 9.17) is 11.2 Å². The van der Waals surface area contributed by atoms with Gasteiger partial charge in [0.05, 0.1) is 24.5 Å². The third-order valence-electron chi connectivity index (χ3n) is 3.17. The van der Waals surface area contributed by atoms with Crippen LogP contribution in [0.15, 0.2) is 17.1 Å². The lowest BCUT2D eigenvalue weighted by molar-refractivity contribution is 0.121. The highest BCUT2D eigenvalue weighted by Gasteiger charge is 2.22. The third kappa shape index (κ3) is 2.71. The van der Waals surface area contributed by atoms with E-state index in [-0.39, 0.29) is 11.7 Å². The Morgan fingerprint density at radius 3 is 3.11 bits per heavy atom. The molecule has 0 radical (unpaired) electrons. The van der Waals surface area contributed by atoms with Crippen molar-refractivity contribution in [3.05, 3.63) is 22.6 Å². The Balaban J connectivity index is 2.10. The molecule has 0 N–H and O–H groups in total. The molecule has 5 heteroatoms. The molecule has 0 saturated carbocycles.